The van der Waals surface area contributed by atoms with Crippen molar-refractivity contribution >= 4 is 18.1 Å². The zero-order valence-corrected chi connectivity index (χ0v) is 17.9. The van der Waals surface area contributed by atoms with Crippen molar-refractivity contribution < 1.29 is 42.5 Å². The summed E-state index contributed by atoms with van der Waals surface area (Å²) in [5.74, 6) is -8.23. The lowest BCUT2D eigenvalue weighted by atomic mass is 9.99. The lowest BCUT2D eigenvalue weighted by Crippen LogP contribution is -2.47. The van der Waals surface area contributed by atoms with Crippen LogP contribution in [0.3, 0.4) is 0 Å². The molecule has 1 aliphatic carbocycles. The molecule has 33 heavy (non-hydrogen) atoms. The highest BCUT2D eigenvalue weighted by atomic mass is 19.3. The molecule has 0 radical (unpaired) electrons. The lowest BCUT2D eigenvalue weighted by Gasteiger charge is -2.27. The van der Waals surface area contributed by atoms with Gasteiger partial charge in [0, 0.05) is 0 Å². The summed E-state index contributed by atoms with van der Waals surface area (Å²) < 4.78 is 43.9. The topological polar surface area (TPSA) is 102 Å². The number of rotatable bonds is 8. The second kappa shape index (κ2) is 9.97. The van der Waals surface area contributed by atoms with Crippen LogP contribution in [0.25, 0.3) is 0 Å². The van der Waals surface area contributed by atoms with Crippen LogP contribution in [0.5, 0.6) is 5.75 Å². The molecule has 2 aromatic rings. The van der Waals surface area contributed by atoms with Crippen LogP contribution in [-0.4, -0.2) is 29.6 Å². The van der Waals surface area contributed by atoms with Gasteiger partial charge in [0.1, 0.15) is 17.3 Å². The quantitative estimate of drug-likeness (QED) is 0.429. The van der Waals surface area contributed by atoms with Crippen molar-refractivity contribution in [2.45, 2.75) is 56.7 Å². The molecule has 1 fully saturated rings. The number of carbonyl (C=O) groups is 3. The minimum atomic E-state index is -4.46. The maximum Gasteiger partial charge on any atom is 0.514 e. The van der Waals surface area contributed by atoms with E-state index >= 15 is 0 Å². The maximum atomic E-state index is 14.2. The zero-order chi connectivity index (χ0) is 24.1. The fourth-order valence-corrected chi connectivity index (χ4v) is 3.76. The van der Waals surface area contributed by atoms with Gasteiger partial charge >= 0.3 is 18.0 Å². The summed E-state index contributed by atoms with van der Waals surface area (Å²) in [6.07, 6.45) is 0.889. The third kappa shape index (κ3) is 5.66. The molecule has 1 atom stereocenters. The minimum Gasteiger partial charge on any atom is -0.544 e. The third-order valence-electron chi connectivity index (χ3n) is 5.68. The van der Waals surface area contributed by atoms with Crippen molar-refractivity contribution in [3.63, 3.8) is 0 Å². The molecule has 3 rings (SSSR count). The molecule has 0 saturated heterocycles. The van der Waals surface area contributed by atoms with Crippen molar-refractivity contribution in [1.82, 2.24) is 0 Å². The van der Waals surface area contributed by atoms with Gasteiger partial charge < -0.3 is 24.1 Å². The SMILES string of the molecule is CCC1(OC(=O)Oc2ccc(C(=O)OC(c3ccccc3)C(F)(F)C(=O)[O-])cc2)CCCC1. The Kier molecular flexibility index (Phi) is 7.30. The number of carboxylic acids is 1. The second-order valence-corrected chi connectivity index (χ2v) is 7.83. The first-order valence-electron chi connectivity index (χ1n) is 10.5. The van der Waals surface area contributed by atoms with Crippen LogP contribution in [0.2, 0.25) is 0 Å². The van der Waals surface area contributed by atoms with Gasteiger partial charge in [-0.25, -0.2) is 9.59 Å². The summed E-state index contributed by atoms with van der Waals surface area (Å²) in [5, 5.41) is 11.0. The minimum absolute atomic E-state index is 0.0838. The van der Waals surface area contributed by atoms with Gasteiger partial charge in [-0.15, -0.1) is 0 Å². The van der Waals surface area contributed by atoms with E-state index in [0.717, 1.165) is 25.7 Å². The predicted molar refractivity (Wildman–Crippen MR) is 110 cm³/mol. The smallest absolute Gasteiger partial charge is 0.514 e. The summed E-state index contributed by atoms with van der Waals surface area (Å²) in [7, 11) is 0. The second-order valence-electron chi connectivity index (χ2n) is 7.83. The molecule has 0 N–H and O–H groups in total. The molecule has 176 valence electrons. The molecule has 0 aliphatic heterocycles. The van der Waals surface area contributed by atoms with Crippen molar-refractivity contribution in [3.05, 3.63) is 65.7 Å². The Labute approximate surface area is 189 Å². The van der Waals surface area contributed by atoms with E-state index < -0.39 is 35.7 Å². The van der Waals surface area contributed by atoms with E-state index in [-0.39, 0.29) is 16.9 Å². The predicted octanol–water partition coefficient (Wildman–Crippen LogP) is 4.21. The van der Waals surface area contributed by atoms with E-state index in [1.807, 2.05) is 6.92 Å². The van der Waals surface area contributed by atoms with Gasteiger partial charge in [-0.2, -0.15) is 8.78 Å². The maximum absolute atomic E-state index is 14.2. The first-order valence-corrected chi connectivity index (χ1v) is 10.5. The molecule has 9 heteroatoms. The van der Waals surface area contributed by atoms with Gasteiger partial charge in [-0.05, 0) is 61.9 Å². The largest absolute Gasteiger partial charge is 0.544 e. The number of carbonyl (C=O) groups excluding carboxylic acids is 3. The Morgan fingerprint density at radius 2 is 1.64 bits per heavy atom. The number of alkyl halides is 2. The van der Waals surface area contributed by atoms with Gasteiger partial charge in [0.15, 0.2) is 6.10 Å². The number of carboxylic acid groups (broad SMARTS) is 1. The molecule has 0 heterocycles. The van der Waals surface area contributed by atoms with Gasteiger partial charge in [0.05, 0.1) is 5.56 Å². The van der Waals surface area contributed by atoms with E-state index in [2.05, 4.69) is 0 Å². The number of ether oxygens (including phenoxy) is 3. The van der Waals surface area contributed by atoms with Crippen LogP contribution in [0.15, 0.2) is 54.6 Å². The Bertz CT molecular complexity index is 984. The highest BCUT2D eigenvalue weighted by Crippen LogP contribution is 2.37. The molecular formula is C24H23F2O7-. The Morgan fingerprint density at radius 1 is 1.03 bits per heavy atom. The molecule has 0 spiro atoms. The number of hydrogen-bond donors (Lipinski definition) is 0. The summed E-state index contributed by atoms with van der Waals surface area (Å²) in [4.78, 5) is 35.5. The standard InChI is InChI=1S/C24H24F2O7/c1-2-23(14-6-7-15-23)33-22(30)31-18-12-10-17(11-13-18)20(27)32-19(24(25,26)21(28)29)16-8-4-3-5-9-16/h3-5,8-13,19H,2,6-7,14-15H2,1H3,(H,28,29)/p-1. The molecule has 0 aromatic heterocycles. The van der Waals surface area contributed by atoms with Crippen molar-refractivity contribution in [1.29, 1.82) is 0 Å². The number of aliphatic carboxylic acids is 1. The van der Waals surface area contributed by atoms with E-state index in [9.17, 15) is 28.3 Å². The molecule has 0 amide bonds. The van der Waals surface area contributed by atoms with Crippen molar-refractivity contribution in [2.24, 2.45) is 0 Å². The van der Waals surface area contributed by atoms with Gasteiger partial charge in [0.25, 0.3) is 0 Å². The van der Waals surface area contributed by atoms with Crippen LogP contribution in [-0.2, 0) is 14.3 Å². The van der Waals surface area contributed by atoms with E-state index in [1.54, 1.807) is 6.07 Å². The van der Waals surface area contributed by atoms with E-state index in [4.69, 9.17) is 14.2 Å². The normalized spacial score (nSPS) is 16.0. The van der Waals surface area contributed by atoms with Crippen molar-refractivity contribution in [3.8, 4) is 5.75 Å². The molecular weight excluding hydrogens is 438 g/mol. The fraction of sp³-hybridized carbons (Fsp3) is 0.375. The number of benzene rings is 2. The van der Waals surface area contributed by atoms with Gasteiger partial charge in [-0.3, -0.25) is 0 Å². The van der Waals surface area contributed by atoms with Crippen molar-refractivity contribution in [2.75, 3.05) is 0 Å². The third-order valence-corrected chi connectivity index (χ3v) is 5.68. The summed E-state index contributed by atoms with van der Waals surface area (Å²) in [6.45, 7) is 1.94. The molecule has 0 bridgehead atoms. The van der Waals surface area contributed by atoms with Crippen LogP contribution in [0.1, 0.15) is 61.1 Å². The fourth-order valence-electron chi connectivity index (χ4n) is 3.76. The number of hydrogen-bond acceptors (Lipinski definition) is 7. The summed E-state index contributed by atoms with van der Waals surface area (Å²) in [5.41, 5.74) is -0.886. The highest BCUT2D eigenvalue weighted by Gasteiger charge is 2.45. The lowest BCUT2D eigenvalue weighted by molar-refractivity contribution is -0.336. The first kappa shape index (κ1) is 24.2. The molecule has 7 nitrogen and oxygen atoms in total. The average Bonchev–Trinajstić information content (AvgIpc) is 3.26. The Balaban J connectivity index is 1.68. The molecule has 1 unspecified atom stereocenters. The van der Waals surface area contributed by atoms with E-state index in [1.165, 1.54) is 48.5 Å². The van der Waals surface area contributed by atoms with E-state index in [0.29, 0.717) is 6.42 Å². The van der Waals surface area contributed by atoms with Gasteiger partial charge in [0.2, 0.25) is 0 Å². The van der Waals surface area contributed by atoms with Crippen LogP contribution >= 0.6 is 0 Å². The first-order chi connectivity index (χ1) is 15.7. The zero-order valence-electron chi connectivity index (χ0n) is 17.9. The Morgan fingerprint density at radius 3 is 2.18 bits per heavy atom. The highest BCUT2D eigenvalue weighted by molar-refractivity contribution is 5.90. The average molecular weight is 461 g/mol. The molecule has 1 saturated carbocycles. The molecule has 1 aliphatic rings. The van der Waals surface area contributed by atoms with Crippen LogP contribution < -0.4 is 9.84 Å². The van der Waals surface area contributed by atoms with Crippen LogP contribution in [0.4, 0.5) is 13.6 Å². The summed E-state index contributed by atoms with van der Waals surface area (Å²) >= 11 is 0. The number of esters is 1. The monoisotopic (exact) mass is 461 g/mol. The molecule has 2 aromatic carbocycles. The van der Waals surface area contributed by atoms with Crippen LogP contribution in [0, 0.1) is 0 Å². The summed E-state index contributed by atoms with van der Waals surface area (Å²) in [6, 6.07) is 11.7. The number of halogens is 2. The Hall–Kier alpha value is -3.49. The van der Waals surface area contributed by atoms with Gasteiger partial charge in [-0.1, -0.05) is 37.3 Å².